The number of anilines is 2. The van der Waals surface area contributed by atoms with Gasteiger partial charge in [-0.25, -0.2) is 14.4 Å². The summed E-state index contributed by atoms with van der Waals surface area (Å²) in [5, 5.41) is 5.64. The van der Waals surface area contributed by atoms with Crippen molar-refractivity contribution in [2.45, 2.75) is 0 Å². The number of pyridine rings is 2. The van der Waals surface area contributed by atoms with E-state index in [4.69, 9.17) is 11.6 Å². The van der Waals surface area contributed by atoms with Crippen molar-refractivity contribution in [3.63, 3.8) is 0 Å². The van der Waals surface area contributed by atoms with E-state index in [1.54, 1.807) is 7.05 Å². The van der Waals surface area contributed by atoms with Crippen LogP contribution in [0.4, 0.5) is 16.0 Å². The molecular formula is C12H10ClFN4O. The van der Waals surface area contributed by atoms with Gasteiger partial charge in [0.15, 0.2) is 0 Å². The molecule has 0 saturated heterocycles. The molecule has 0 aromatic carbocycles. The summed E-state index contributed by atoms with van der Waals surface area (Å²) in [4.78, 5) is 19.6. The average molecular weight is 281 g/mol. The van der Waals surface area contributed by atoms with Crippen molar-refractivity contribution < 1.29 is 9.18 Å². The maximum absolute atomic E-state index is 12.7. The molecule has 5 nitrogen and oxygen atoms in total. The van der Waals surface area contributed by atoms with Crippen LogP contribution >= 0.6 is 11.6 Å². The number of carbonyl (C=O) groups is 1. The summed E-state index contributed by atoms with van der Waals surface area (Å²) in [7, 11) is 1.68. The van der Waals surface area contributed by atoms with Gasteiger partial charge in [0.25, 0.3) is 5.91 Å². The molecule has 19 heavy (non-hydrogen) atoms. The Hall–Kier alpha value is -2.21. The minimum Gasteiger partial charge on any atom is -0.372 e. The summed E-state index contributed by atoms with van der Waals surface area (Å²) in [6.45, 7) is 0. The topological polar surface area (TPSA) is 66.9 Å². The lowest BCUT2D eigenvalue weighted by Crippen LogP contribution is -2.13. The molecule has 2 heterocycles. The highest BCUT2D eigenvalue weighted by atomic mass is 35.5. The van der Waals surface area contributed by atoms with Crippen molar-refractivity contribution in [3.05, 3.63) is 47.0 Å². The molecule has 0 radical (unpaired) electrons. The number of amides is 1. The molecule has 0 atom stereocenters. The summed E-state index contributed by atoms with van der Waals surface area (Å²) in [6.07, 6.45) is 2.40. The van der Waals surface area contributed by atoms with Gasteiger partial charge in [-0.2, -0.15) is 0 Å². The first kappa shape index (κ1) is 13.2. The van der Waals surface area contributed by atoms with E-state index in [9.17, 15) is 9.18 Å². The van der Waals surface area contributed by atoms with Crippen molar-refractivity contribution >= 4 is 29.1 Å². The van der Waals surface area contributed by atoms with Gasteiger partial charge in [0.1, 0.15) is 17.5 Å². The predicted octanol–water partition coefficient (Wildman–Crippen LogP) is 2.56. The highest BCUT2D eigenvalue weighted by molar-refractivity contribution is 6.33. The number of halogens is 2. The molecule has 0 saturated carbocycles. The van der Waals surface area contributed by atoms with Crippen LogP contribution in [0, 0.1) is 5.82 Å². The Balaban J connectivity index is 2.16. The zero-order valence-corrected chi connectivity index (χ0v) is 10.7. The average Bonchev–Trinajstić information content (AvgIpc) is 2.41. The van der Waals surface area contributed by atoms with Gasteiger partial charge in [-0.1, -0.05) is 11.6 Å². The second-order valence-electron chi connectivity index (χ2n) is 3.62. The summed E-state index contributed by atoms with van der Waals surface area (Å²) >= 11 is 5.93. The molecule has 7 heteroatoms. The maximum Gasteiger partial charge on any atom is 0.258 e. The molecular weight excluding hydrogens is 271 g/mol. The lowest BCUT2D eigenvalue weighted by Gasteiger charge is -2.06. The van der Waals surface area contributed by atoms with Gasteiger partial charge in [0.05, 0.1) is 16.8 Å². The molecule has 2 rings (SSSR count). The van der Waals surface area contributed by atoms with Crippen molar-refractivity contribution in [2.24, 2.45) is 0 Å². The van der Waals surface area contributed by atoms with Gasteiger partial charge in [-0.3, -0.25) is 4.79 Å². The van der Waals surface area contributed by atoms with Crippen LogP contribution < -0.4 is 10.6 Å². The Bertz CT molecular complexity index is 603. The van der Waals surface area contributed by atoms with E-state index in [-0.39, 0.29) is 11.4 Å². The monoisotopic (exact) mass is 280 g/mol. The molecule has 0 fully saturated rings. The van der Waals surface area contributed by atoms with E-state index < -0.39 is 11.7 Å². The van der Waals surface area contributed by atoms with Gasteiger partial charge < -0.3 is 10.6 Å². The van der Waals surface area contributed by atoms with E-state index in [1.807, 2.05) is 0 Å². The molecule has 0 aliphatic rings. The fourth-order valence-corrected chi connectivity index (χ4v) is 1.65. The minimum atomic E-state index is -0.471. The fourth-order valence-electron chi connectivity index (χ4n) is 1.38. The normalized spacial score (nSPS) is 10.1. The molecule has 0 unspecified atom stereocenters. The van der Waals surface area contributed by atoms with Gasteiger partial charge in [-0.05, 0) is 18.2 Å². The number of hydrogen-bond acceptors (Lipinski definition) is 4. The van der Waals surface area contributed by atoms with Crippen molar-refractivity contribution in [1.82, 2.24) is 9.97 Å². The zero-order valence-electron chi connectivity index (χ0n) is 9.95. The van der Waals surface area contributed by atoms with Crippen LogP contribution in [0.5, 0.6) is 0 Å². The number of hydrogen-bond donors (Lipinski definition) is 2. The van der Waals surface area contributed by atoms with Gasteiger partial charge in [0.2, 0.25) is 0 Å². The second kappa shape index (κ2) is 5.62. The largest absolute Gasteiger partial charge is 0.372 e. The van der Waals surface area contributed by atoms with Crippen LogP contribution in [0.2, 0.25) is 5.02 Å². The molecule has 2 aromatic rings. The molecule has 98 valence electrons. The predicted molar refractivity (Wildman–Crippen MR) is 70.9 cm³/mol. The summed E-state index contributed by atoms with van der Waals surface area (Å²) < 4.78 is 12.7. The maximum atomic E-state index is 12.7. The van der Waals surface area contributed by atoms with E-state index in [1.165, 1.54) is 24.4 Å². The smallest absolute Gasteiger partial charge is 0.258 e. The summed E-state index contributed by atoms with van der Waals surface area (Å²) in [6, 6.07) is 4.06. The number of rotatable bonds is 3. The first-order valence-electron chi connectivity index (χ1n) is 5.36. The third kappa shape index (κ3) is 3.17. The number of nitrogens with zero attached hydrogens (tertiary/aromatic N) is 2. The summed E-state index contributed by atoms with van der Waals surface area (Å²) in [5.41, 5.74) is 0.287. The van der Waals surface area contributed by atoms with Crippen molar-refractivity contribution in [2.75, 3.05) is 17.7 Å². The van der Waals surface area contributed by atoms with Crippen LogP contribution in [-0.4, -0.2) is 22.9 Å². The third-order valence-corrected chi connectivity index (χ3v) is 2.60. The fraction of sp³-hybridized carbons (Fsp3) is 0.0833. The molecule has 2 aromatic heterocycles. The standard InChI is InChI=1S/C12H10ClFN4O/c1-15-11-9(13)4-7(5-17-11)12(19)18-10-3-2-8(14)6-16-10/h2-6H,1H3,(H,15,17)(H,16,18,19). The zero-order chi connectivity index (χ0) is 13.8. The van der Waals surface area contributed by atoms with E-state index in [2.05, 4.69) is 20.6 Å². The lowest BCUT2D eigenvalue weighted by atomic mass is 10.2. The van der Waals surface area contributed by atoms with Gasteiger partial charge in [0, 0.05) is 13.2 Å². The molecule has 1 amide bonds. The molecule has 0 aliphatic carbocycles. The van der Waals surface area contributed by atoms with Crippen LogP contribution in [0.3, 0.4) is 0 Å². The van der Waals surface area contributed by atoms with Crippen LogP contribution in [0.15, 0.2) is 30.6 Å². The third-order valence-electron chi connectivity index (χ3n) is 2.31. The molecule has 0 bridgehead atoms. The molecule has 0 spiro atoms. The molecule has 0 aliphatic heterocycles. The highest BCUT2D eigenvalue weighted by Gasteiger charge is 2.10. The van der Waals surface area contributed by atoms with Crippen molar-refractivity contribution in [3.8, 4) is 0 Å². The van der Waals surface area contributed by atoms with E-state index >= 15 is 0 Å². The Kier molecular flexibility index (Phi) is 3.91. The van der Waals surface area contributed by atoms with Crippen molar-refractivity contribution in [1.29, 1.82) is 0 Å². The number of aromatic nitrogens is 2. The quantitative estimate of drug-likeness (QED) is 0.907. The Morgan fingerprint density at radius 2 is 2.11 bits per heavy atom. The summed E-state index contributed by atoms with van der Waals surface area (Å²) in [5.74, 6) is -0.157. The van der Waals surface area contributed by atoms with E-state index in [0.717, 1.165) is 6.20 Å². The van der Waals surface area contributed by atoms with Gasteiger partial charge in [-0.15, -0.1) is 0 Å². The van der Waals surface area contributed by atoms with E-state index in [0.29, 0.717) is 10.8 Å². The Morgan fingerprint density at radius 3 is 2.68 bits per heavy atom. The van der Waals surface area contributed by atoms with Crippen LogP contribution in [0.1, 0.15) is 10.4 Å². The van der Waals surface area contributed by atoms with Crippen LogP contribution in [-0.2, 0) is 0 Å². The van der Waals surface area contributed by atoms with Gasteiger partial charge >= 0.3 is 0 Å². The Labute approximate surface area is 113 Å². The lowest BCUT2D eigenvalue weighted by molar-refractivity contribution is 0.102. The number of carbonyl (C=O) groups excluding carboxylic acids is 1. The first-order valence-corrected chi connectivity index (χ1v) is 5.74. The minimum absolute atomic E-state index is 0.250. The van der Waals surface area contributed by atoms with Crippen LogP contribution in [0.25, 0.3) is 0 Å². The number of nitrogens with one attached hydrogen (secondary N) is 2. The molecule has 2 N–H and O–H groups in total. The highest BCUT2D eigenvalue weighted by Crippen LogP contribution is 2.19. The second-order valence-corrected chi connectivity index (χ2v) is 4.03. The first-order chi connectivity index (χ1) is 9.10. The SMILES string of the molecule is CNc1ncc(C(=O)Nc2ccc(F)cn2)cc1Cl. The Morgan fingerprint density at radius 1 is 1.32 bits per heavy atom.